The lowest BCUT2D eigenvalue weighted by Gasteiger charge is -2.11. The predicted octanol–water partition coefficient (Wildman–Crippen LogP) is 3.90. The first kappa shape index (κ1) is 18.3. The first-order chi connectivity index (χ1) is 12.8. The number of fused-ring (bicyclic) bond motifs is 1. The van der Waals surface area contributed by atoms with Crippen LogP contribution in [0.2, 0.25) is 5.02 Å². The molecular formula is C20H24ClN5. The van der Waals surface area contributed by atoms with Gasteiger partial charge >= 0.3 is 0 Å². The van der Waals surface area contributed by atoms with Crippen LogP contribution in [-0.2, 0) is 13.0 Å². The quantitative estimate of drug-likeness (QED) is 0.336. The molecule has 0 aliphatic rings. The molecule has 136 valence electrons. The number of hydrogen-bond donors (Lipinski definition) is 3. The molecule has 0 unspecified atom stereocenters. The van der Waals surface area contributed by atoms with E-state index in [-0.39, 0.29) is 0 Å². The van der Waals surface area contributed by atoms with Gasteiger partial charge in [0.1, 0.15) is 5.82 Å². The normalized spacial score (nSPS) is 11.7. The van der Waals surface area contributed by atoms with Gasteiger partial charge in [0.15, 0.2) is 5.96 Å². The third-order valence-corrected chi connectivity index (χ3v) is 4.40. The van der Waals surface area contributed by atoms with Crippen molar-refractivity contribution in [3.63, 3.8) is 0 Å². The maximum absolute atomic E-state index is 6.19. The van der Waals surface area contributed by atoms with Gasteiger partial charge in [-0.3, -0.25) is 0 Å². The average Bonchev–Trinajstić information content (AvgIpc) is 3.07. The number of hydrogen-bond acceptors (Lipinski definition) is 2. The molecule has 5 nitrogen and oxygen atoms in total. The van der Waals surface area contributed by atoms with Gasteiger partial charge in [-0.1, -0.05) is 41.9 Å². The molecular weight excluding hydrogens is 346 g/mol. The van der Waals surface area contributed by atoms with Gasteiger partial charge in [-0.25, -0.2) is 9.98 Å². The van der Waals surface area contributed by atoms with Crippen LogP contribution in [0.25, 0.3) is 11.0 Å². The number of imidazole rings is 1. The SMILES string of the molecule is CCNC(=NCc1ccccc1Cl)NCCCc1nc2ccccc2[nH]1. The minimum Gasteiger partial charge on any atom is -0.357 e. The Labute approximate surface area is 158 Å². The second-order valence-corrected chi connectivity index (χ2v) is 6.42. The van der Waals surface area contributed by atoms with Gasteiger partial charge in [0.05, 0.1) is 17.6 Å². The van der Waals surface area contributed by atoms with Crippen LogP contribution in [0.5, 0.6) is 0 Å². The van der Waals surface area contributed by atoms with Crippen molar-refractivity contribution in [1.29, 1.82) is 0 Å². The molecule has 6 heteroatoms. The number of rotatable bonds is 7. The molecule has 0 amide bonds. The molecule has 0 spiro atoms. The minimum atomic E-state index is 0.554. The lowest BCUT2D eigenvalue weighted by molar-refractivity contribution is 0.727. The fourth-order valence-corrected chi connectivity index (χ4v) is 2.91. The Morgan fingerprint density at radius 1 is 1.12 bits per heavy atom. The number of guanidine groups is 1. The zero-order valence-electron chi connectivity index (χ0n) is 14.9. The molecule has 2 aromatic carbocycles. The molecule has 0 saturated heterocycles. The topological polar surface area (TPSA) is 65.1 Å². The van der Waals surface area contributed by atoms with E-state index < -0.39 is 0 Å². The molecule has 26 heavy (non-hydrogen) atoms. The summed E-state index contributed by atoms with van der Waals surface area (Å²) in [5.41, 5.74) is 3.13. The maximum atomic E-state index is 6.19. The number of para-hydroxylation sites is 2. The molecule has 0 atom stereocenters. The van der Waals surface area contributed by atoms with Crippen LogP contribution in [0.3, 0.4) is 0 Å². The summed E-state index contributed by atoms with van der Waals surface area (Å²) in [6.07, 6.45) is 1.86. The highest BCUT2D eigenvalue weighted by Crippen LogP contribution is 2.15. The van der Waals surface area contributed by atoms with Gasteiger partial charge in [0.25, 0.3) is 0 Å². The van der Waals surface area contributed by atoms with Gasteiger partial charge in [-0.15, -0.1) is 0 Å². The number of aromatic amines is 1. The Hall–Kier alpha value is -2.53. The second-order valence-electron chi connectivity index (χ2n) is 6.02. The molecule has 0 fully saturated rings. The van der Waals surface area contributed by atoms with Crippen LogP contribution in [-0.4, -0.2) is 29.0 Å². The van der Waals surface area contributed by atoms with E-state index in [1.807, 2.05) is 42.5 Å². The standard InChI is InChI=1S/C20H24ClN5/c1-2-22-20(24-14-15-8-3-4-9-16(15)21)23-13-7-12-19-25-17-10-5-6-11-18(17)26-19/h3-6,8-11H,2,7,12-14H2,1H3,(H,25,26)(H2,22,23,24). The van der Waals surface area contributed by atoms with Crippen LogP contribution in [0, 0.1) is 0 Å². The smallest absolute Gasteiger partial charge is 0.191 e. The summed E-state index contributed by atoms with van der Waals surface area (Å²) in [6.45, 7) is 4.25. The van der Waals surface area contributed by atoms with Gasteiger partial charge < -0.3 is 15.6 Å². The summed E-state index contributed by atoms with van der Waals surface area (Å²) in [4.78, 5) is 12.6. The molecule has 0 radical (unpaired) electrons. The zero-order valence-corrected chi connectivity index (χ0v) is 15.7. The maximum Gasteiger partial charge on any atom is 0.191 e. The molecule has 3 N–H and O–H groups in total. The number of aryl methyl sites for hydroxylation is 1. The predicted molar refractivity (Wildman–Crippen MR) is 109 cm³/mol. The Morgan fingerprint density at radius 3 is 2.73 bits per heavy atom. The Morgan fingerprint density at radius 2 is 1.92 bits per heavy atom. The average molecular weight is 370 g/mol. The largest absolute Gasteiger partial charge is 0.357 e. The summed E-state index contributed by atoms with van der Waals surface area (Å²) < 4.78 is 0. The van der Waals surface area contributed by atoms with Crippen LogP contribution >= 0.6 is 11.6 Å². The Kier molecular flexibility index (Phi) is 6.50. The van der Waals surface area contributed by atoms with Gasteiger partial charge in [-0.05, 0) is 37.1 Å². The van der Waals surface area contributed by atoms with Crippen LogP contribution in [0.15, 0.2) is 53.5 Å². The Bertz CT molecular complexity index is 838. The molecule has 1 aromatic heterocycles. The summed E-state index contributed by atoms with van der Waals surface area (Å²) in [7, 11) is 0. The van der Waals surface area contributed by atoms with Crippen molar-refractivity contribution in [2.75, 3.05) is 13.1 Å². The summed E-state index contributed by atoms with van der Waals surface area (Å²) in [5, 5.41) is 7.38. The van der Waals surface area contributed by atoms with Crippen molar-refractivity contribution in [3.05, 3.63) is 64.9 Å². The summed E-state index contributed by atoms with van der Waals surface area (Å²) in [6, 6.07) is 15.9. The van der Waals surface area contributed by atoms with Crippen LogP contribution in [0.1, 0.15) is 24.7 Å². The van der Waals surface area contributed by atoms with E-state index >= 15 is 0 Å². The highest BCUT2D eigenvalue weighted by Gasteiger charge is 2.03. The van der Waals surface area contributed by atoms with Crippen molar-refractivity contribution >= 4 is 28.6 Å². The number of halogens is 1. The van der Waals surface area contributed by atoms with E-state index in [1.165, 1.54) is 0 Å². The molecule has 0 saturated carbocycles. The van der Waals surface area contributed by atoms with Crippen LogP contribution in [0.4, 0.5) is 0 Å². The molecule has 0 aliphatic carbocycles. The van der Waals surface area contributed by atoms with E-state index in [9.17, 15) is 0 Å². The lowest BCUT2D eigenvalue weighted by Crippen LogP contribution is -2.37. The van der Waals surface area contributed by atoms with E-state index in [0.29, 0.717) is 6.54 Å². The van der Waals surface area contributed by atoms with Crippen molar-refractivity contribution < 1.29 is 0 Å². The zero-order chi connectivity index (χ0) is 18.2. The molecule has 3 rings (SSSR count). The fraction of sp³-hybridized carbons (Fsp3) is 0.300. The minimum absolute atomic E-state index is 0.554. The number of nitrogens with one attached hydrogen (secondary N) is 3. The Balaban J connectivity index is 1.50. The monoisotopic (exact) mass is 369 g/mol. The lowest BCUT2D eigenvalue weighted by atomic mass is 10.2. The van der Waals surface area contributed by atoms with E-state index in [2.05, 4.69) is 38.6 Å². The van der Waals surface area contributed by atoms with Crippen molar-refractivity contribution in [1.82, 2.24) is 20.6 Å². The van der Waals surface area contributed by atoms with Crippen molar-refractivity contribution in [3.8, 4) is 0 Å². The molecule has 3 aromatic rings. The van der Waals surface area contributed by atoms with Gasteiger partial charge in [0.2, 0.25) is 0 Å². The highest BCUT2D eigenvalue weighted by molar-refractivity contribution is 6.31. The van der Waals surface area contributed by atoms with E-state index in [0.717, 1.165) is 59.3 Å². The highest BCUT2D eigenvalue weighted by atomic mass is 35.5. The summed E-state index contributed by atoms with van der Waals surface area (Å²) in [5.74, 6) is 1.82. The first-order valence-corrected chi connectivity index (χ1v) is 9.33. The number of benzene rings is 2. The van der Waals surface area contributed by atoms with E-state index in [4.69, 9.17) is 11.6 Å². The third-order valence-electron chi connectivity index (χ3n) is 4.03. The molecule has 0 bridgehead atoms. The van der Waals surface area contributed by atoms with Gasteiger partial charge in [-0.2, -0.15) is 0 Å². The number of H-pyrrole nitrogens is 1. The first-order valence-electron chi connectivity index (χ1n) is 8.95. The van der Waals surface area contributed by atoms with Crippen molar-refractivity contribution in [2.45, 2.75) is 26.3 Å². The summed E-state index contributed by atoms with van der Waals surface area (Å²) >= 11 is 6.19. The van der Waals surface area contributed by atoms with Crippen molar-refractivity contribution in [2.24, 2.45) is 4.99 Å². The number of nitrogens with zero attached hydrogens (tertiary/aromatic N) is 2. The second kappa shape index (κ2) is 9.25. The number of aromatic nitrogens is 2. The third kappa shape index (κ3) is 4.99. The van der Waals surface area contributed by atoms with Crippen LogP contribution < -0.4 is 10.6 Å². The number of aliphatic imine (C=N–C) groups is 1. The van der Waals surface area contributed by atoms with E-state index in [1.54, 1.807) is 0 Å². The fourth-order valence-electron chi connectivity index (χ4n) is 2.72. The molecule has 0 aliphatic heterocycles. The van der Waals surface area contributed by atoms with Gasteiger partial charge in [0, 0.05) is 24.5 Å². The molecule has 1 heterocycles.